The molecule has 6 fully saturated rings. The molecule has 0 amide bonds. The highest BCUT2D eigenvalue weighted by Crippen LogP contribution is 2.66. The summed E-state index contributed by atoms with van der Waals surface area (Å²) in [7, 11) is 0. The first kappa shape index (κ1) is 20.2. The maximum Gasteiger partial charge on any atom is 0.136 e. The van der Waals surface area contributed by atoms with Gasteiger partial charge in [-0.1, -0.05) is 20.8 Å². The van der Waals surface area contributed by atoms with Gasteiger partial charge in [0.2, 0.25) is 0 Å². The van der Waals surface area contributed by atoms with Crippen molar-refractivity contribution in [3.8, 4) is 0 Å². The summed E-state index contributed by atoms with van der Waals surface area (Å²) in [6.07, 6.45) is 10.3. The minimum absolute atomic E-state index is 0.135. The van der Waals surface area contributed by atoms with Gasteiger partial charge >= 0.3 is 0 Å². The summed E-state index contributed by atoms with van der Waals surface area (Å²) in [5, 5.41) is 10.3. The van der Waals surface area contributed by atoms with E-state index >= 15 is 0 Å². The van der Waals surface area contributed by atoms with Crippen LogP contribution in [0.5, 0.6) is 0 Å². The molecule has 12 atom stereocenters. The summed E-state index contributed by atoms with van der Waals surface area (Å²) in [6.45, 7) is 10.1. The molecule has 2 saturated heterocycles. The van der Waals surface area contributed by atoms with Gasteiger partial charge in [-0.2, -0.15) is 0 Å². The summed E-state index contributed by atoms with van der Waals surface area (Å²) in [5.74, 6) is 7.19. The van der Waals surface area contributed by atoms with Crippen LogP contribution in [0.25, 0.3) is 0 Å². The van der Waals surface area contributed by atoms with E-state index in [0.29, 0.717) is 11.7 Å². The molecule has 3 nitrogen and oxygen atoms in total. The van der Waals surface area contributed by atoms with Crippen LogP contribution in [0, 0.1) is 58.7 Å². The third kappa shape index (κ3) is 2.79. The van der Waals surface area contributed by atoms with Gasteiger partial charge in [0.15, 0.2) is 0 Å². The van der Waals surface area contributed by atoms with Gasteiger partial charge in [0, 0.05) is 31.5 Å². The zero-order chi connectivity index (χ0) is 20.8. The van der Waals surface area contributed by atoms with Gasteiger partial charge in [0.05, 0.1) is 6.10 Å². The maximum atomic E-state index is 13.2. The molecule has 0 aromatic heterocycles. The van der Waals surface area contributed by atoms with Crippen LogP contribution in [-0.4, -0.2) is 41.0 Å². The molecule has 0 unspecified atom stereocenters. The van der Waals surface area contributed by atoms with Crippen LogP contribution in [0.3, 0.4) is 0 Å². The Hall–Kier alpha value is -0.410. The zero-order valence-electron chi connectivity index (χ0n) is 19.4. The van der Waals surface area contributed by atoms with Crippen molar-refractivity contribution in [2.24, 2.45) is 58.7 Å². The first-order valence-electron chi connectivity index (χ1n) is 13.3. The van der Waals surface area contributed by atoms with E-state index in [9.17, 15) is 9.90 Å². The minimum atomic E-state index is -0.242. The van der Waals surface area contributed by atoms with Crippen molar-refractivity contribution >= 4 is 5.78 Å². The zero-order valence-corrected chi connectivity index (χ0v) is 19.4. The van der Waals surface area contributed by atoms with Gasteiger partial charge in [-0.15, -0.1) is 0 Å². The fraction of sp³-hybridized carbons (Fsp3) is 0.963. The van der Waals surface area contributed by atoms with Crippen LogP contribution < -0.4 is 0 Å². The predicted octanol–water partition coefficient (Wildman–Crippen LogP) is 4.77. The minimum Gasteiger partial charge on any atom is -0.393 e. The van der Waals surface area contributed by atoms with Crippen molar-refractivity contribution in [1.82, 2.24) is 4.90 Å². The summed E-state index contributed by atoms with van der Waals surface area (Å²) in [4.78, 5) is 16.1. The van der Waals surface area contributed by atoms with Gasteiger partial charge < -0.3 is 5.11 Å². The third-order valence-corrected chi connectivity index (χ3v) is 11.8. The Bertz CT molecular complexity index is 705. The van der Waals surface area contributed by atoms with Gasteiger partial charge in [-0.05, 0) is 104 Å². The normalized spacial score (nSPS) is 58.3. The van der Waals surface area contributed by atoms with E-state index in [1.165, 1.54) is 45.2 Å². The van der Waals surface area contributed by atoms with Crippen LogP contribution >= 0.6 is 0 Å². The van der Waals surface area contributed by atoms with E-state index in [2.05, 4.69) is 25.7 Å². The van der Waals surface area contributed by atoms with Crippen LogP contribution in [0.1, 0.15) is 78.6 Å². The number of ketones is 1. The average molecular weight is 414 g/mol. The van der Waals surface area contributed by atoms with E-state index in [0.717, 1.165) is 73.2 Å². The second-order valence-electron chi connectivity index (χ2n) is 13.0. The number of aliphatic hydroxyl groups is 1. The Morgan fingerprint density at radius 2 is 1.70 bits per heavy atom. The number of nitrogens with zero attached hydrogens (tertiary/aromatic N) is 1. The molecule has 0 spiro atoms. The second-order valence-corrected chi connectivity index (χ2v) is 13.0. The number of fused-ring (bicyclic) bond motifs is 8. The summed E-state index contributed by atoms with van der Waals surface area (Å²) in [6, 6.07) is 0.839. The van der Waals surface area contributed by atoms with Crippen molar-refractivity contribution < 1.29 is 9.90 Å². The molecule has 168 valence electrons. The second kappa shape index (κ2) is 7.04. The van der Waals surface area contributed by atoms with Crippen molar-refractivity contribution in [2.45, 2.75) is 90.7 Å². The third-order valence-electron chi connectivity index (χ3n) is 11.8. The van der Waals surface area contributed by atoms with E-state index in [-0.39, 0.29) is 17.4 Å². The molecule has 4 aliphatic carbocycles. The highest BCUT2D eigenvalue weighted by Gasteiger charge is 2.62. The maximum absolute atomic E-state index is 13.2. The number of hydrogen-bond donors (Lipinski definition) is 1. The van der Waals surface area contributed by atoms with Crippen molar-refractivity contribution in [1.29, 1.82) is 0 Å². The largest absolute Gasteiger partial charge is 0.393 e. The number of Topliss-reactive ketones (excluding diaryl/α,β-unsaturated/α-hetero) is 1. The fourth-order valence-corrected chi connectivity index (χ4v) is 10.3. The molecule has 6 aliphatic rings. The smallest absolute Gasteiger partial charge is 0.136 e. The van der Waals surface area contributed by atoms with E-state index in [4.69, 9.17) is 0 Å². The lowest BCUT2D eigenvalue weighted by atomic mass is 9.51. The van der Waals surface area contributed by atoms with Gasteiger partial charge in [0.1, 0.15) is 5.78 Å². The molecule has 1 N–H and O–H groups in total. The van der Waals surface area contributed by atoms with Crippen LogP contribution in [0.4, 0.5) is 0 Å². The Kier molecular flexibility index (Phi) is 4.75. The molecule has 3 heteroatoms. The molecule has 30 heavy (non-hydrogen) atoms. The van der Waals surface area contributed by atoms with Gasteiger partial charge in [-0.25, -0.2) is 0 Å². The number of carbonyl (C=O) groups is 1. The van der Waals surface area contributed by atoms with Crippen molar-refractivity contribution in [3.63, 3.8) is 0 Å². The highest BCUT2D eigenvalue weighted by molar-refractivity contribution is 5.83. The molecule has 0 aromatic carbocycles. The molecular weight excluding hydrogens is 370 g/mol. The number of hydrogen-bond acceptors (Lipinski definition) is 3. The number of piperidine rings is 2. The van der Waals surface area contributed by atoms with Gasteiger partial charge in [-0.3, -0.25) is 9.69 Å². The van der Waals surface area contributed by atoms with Crippen LogP contribution in [0.15, 0.2) is 0 Å². The molecule has 6 rings (SSSR count). The predicted molar refractivity (Wildman–Crippen MR) is 119 cm³/mol. The molecule has 0 radical (unpaired) electrons. The van der Waals surface area contributed by atoms with E-state index in [1.807, 2.05) is 0 Å². The first-order valence-corrected chi connectivity index (χ1v) is 13.3. The lowest BCUT2D eigenvalue weighted by Gasteiger charge is -2.56. The standard InChI is InChI=1S/C27H43NO2/c1-15-4-7-25-16(2)18-5-6-19-20(22(18)14-28(25)13-15)11-23-21(19)12-26(30)24-10-17(29)8-9-27(23,24)3/h15-25,29H,4-14H2,1-3H3/t15-,16+,17+,18+,19+,20+,21-,22+,23-,24+,25-,27+/m0/s1. The summed E-state index contributed by atoms with van der Waals surface area (Å²) >= 11 is 0. The molecule has 0 bridgehead atoms. The fourth-order valence-electron chi connectivity index (χ4n) is 10.3. The summed E-state index contributed by atoms with van der Waals surface area (Å²) < 4.78 is 0. The first-order chi connectivity index (χ1) is 14.4. The quantitative estimate of drug-likeness (QED) is 0.622. The molecular formula is C27H43NO2. The van der Waals surface area contributed by atoms with Gasteiger partial charge in [0.25, 0.3) is 0 Å². The lowest BCUT2D eigenvalue weighted by Crippen LogP contribution is -2.58. The number of aliphatic hydroxyl groups excluding tert-OH is 1. The summed E-state index contributed by atoms with van der Waals surface area (Å²) in [5.41, 5.74) is 0.161. The van der Waals surface area contributed by atoms with Crippen LogP contribution in [-0.2, 0) is 4.79 Å². The van der Waals surface area contributed by atoms with E-state index in [1.54, 1.807) is 0 Å². The lowest BCUT2D eigenvalue weighted by molar-refractivity contribution is -0.145. The molecule has 2 heterocycles. The Labute approximate surface area is 183 Å². The Morgan fingerprint density at radius 1 is 0.900 bits per heavy atom. The van der Waals surface area contributed by atoms with Crippen molar-refractivity contribution in [2.75, 3.05) is 13.1 Å². The van der Waals surface area contributed by atoms with E-state index < -0.39 is 0 Å². The SMILES string of the molecule is C[C@H]1CC[C@H]2[C@H](C)[C@H]3CC[C@@H]4[C@@H](C[C@H]5[C@H]4CC(=O)[C@H]4C[C@H](O)CC[C@@]45C)[C@@H]3CN2C1. The van der Waals surface area contributed by atoms with Crippen LogP contribution in [0.2, 0.25) is 0 Å². The Balaban J connectivity index is 1.28. The topological polar surface area (TPSA) is 40.5 Å². The molecule has 4 saturated carbocycles. The number of carbonyl (C=O) groups excluding carboxylic acids is 1. The number of rotatable bonds is 0. The molecule has 2 aliphatic heterocycles. The monoisotopic (exact) mass is 413 g/mol. The average Bonchev–Trinajstić information content (AvgIpc) is 3.09. The molecule has 0 aromatic rings. The van der Waals surface area contributed by atoms with Crippen molar-refractivity contribution in [3.05, 3.63) is 0 Å². The Morgan fingerprint density at radius 3 is 2.53 bits per heavy atom. The highest BCUT2D eigenvalue weighted by atomic mass is 16.3.